The Morgan fingerprint density at radius 3 is 2.24 bits per heavy atom. The van der Waals surface area contributed by atoms with Crippen molar-refractivity contribution in [2.45, 2.75) is 37.5 Å². The van der Waals surface area contributed by atoms with Gasteiger partial charge in [0.2, 0.25) is 15.9 Å². The number of hydrogen-bond donors (Lipinski definition) is 1. The molecule has 2 aliphatic rings. The fourth-order valence-electron chi connectivity index (χ4n) is 4.44. The molecule has 0 atom stereocenters. The monoisotopic (exact) mass is 489 g/mol. The maximum absolute atomic E-state index is 13.1. The molecule has 176 valence electrons. The number of aryl methyl sites for hydroxylation is 1. The summed E-state index contributed by atoms with van der Waals surface area (Å²) in [5.41, 5.74) is 1.89. The Bertz CT molecular complexity index is 1140. The van der Waals surface area contributed by atoms with Gasteiger partial charge in [0.05, 0.1) is 16.1 Å². The number of sulfonamides is 1. The van der Waals surface area contributed by atoms with E-state index in [1.165, 1.54) is 16.4 Å². The molecular weight excluding hydrogens is 462 g/mol. The second kappa shape index (κ2) is 9.83. The van der Waals surface area contributed by atoms with Gasteiger partial charge in [0.15, 0.2) is 0 Å². The summed E-state index contributed by atoms with van der Waals surface area (Å²) < 4.78 is 27.2. The van der Waals surface area contributed by atoms with Crippen molar-refractivity contribution in [2.24, 2.45) is 5.92 Å². The van der Waals surface area contributed by atoms with Crippen LogP contribution in [-0.2, 0) is 14.8 Å². The molecule has 0 spiro atoms. The largest absolute Gasteiger partial charge is 0.339 e. The van der Waals surface area contributed by atoms with E-state index in [0.29, 0.717) is 29.1 Å². The number of nitrogens with zero attached hydrogens (tertiary/aromatic N) is 2. The van der Waals surface area contributed by atoms with Crippen molar-refractivity contribution in [1.29, 1.82) is 0 Å². The summed E-state index contributed by atoms with van der Waals surface area (Å²) in [6.45, 7) is 3.87. The van der Waals surface area contributed by atoms with E-state index in [9.17, 15) is 18.0 Å². The molecule has 9 heteroatoms. The number of benzene rings is 2. The van der Waals surface area contributed by atoms with Crippen LogP contribution >= 0.6 is 11.6 Å². The second-order valence-electron chi connectivity index (χ2n) is 8.62. The molecule has 2 heterocycles. The fourth-order valence-corrected chi connectivity index (χ4v) is 6.04. The van der Waals surface area contributed by atoms with Crippen molar-refractivity contribution >= 4 is 39.1 Å². The first-order valence-corrected chi connectivity index (χ1v) is 13.0. The molecule has 1 N–H and O–H groups in total. The number of likely N-dealkylation sites (tertiary alicyclic amines) is 1. The van der Waals surface area contributed by atoms with Crippen LogP contribution in [-0.4, -0.2) is 55.6 Å². The zero-order valence-corrected chi connectivity index (χ0v) is 20.2. The van der Waals surface area contributed by atoms with Gasteiger partial charge < -0.3 is 10.2 Å². The molecule has 4 rings (SSSR count). The number of halogens is 1. The van der Waals surface area contributed by atoms with Crippen LogP contribution in [0.2, 0.25) is 5.02 Å². The lowest BCUT2D eigenvalue weighted by atomic mass is 9.96. The Balaban J connectivity index is 1.43. The standard InChI is InChI=1S/C24H28ClN3O4S/c1-17-5-4-6-21(24(30)27-13-2-3-14-27)22(17)26-23(29)18-11-15-28(16-12-18)33(31,32)20-9-7-19(25)8-10-20/h4-10,18H,2-3,11-16H2,1H3,(H,26,29). The lowest BCUT2D eigenvalue weighted by Crippen LogP contribution is -2.41. The molecule has 0 unspecified atom stereocenters. The Morgan fingerprint density at radius 1 is 0.970 bits per heavy atom. The third kappa shape index (κ3) is 5.08. The van der Waals surface area contributed by atoms with E-state index < -0.39 is 10.0 Å². The van der Waals surface area contributed by atoms with Crippen LogP contribution in [0, 0.1) is 12.8 Å². The summed E-state index contributed by atoms with van der Waals surface area (Å²) in [6, 6.07) is 11.5. The number of amides is 2. The van der Waals surface area contributed by atoms with Gasteiger partial charge in [-0.15, -0.1) is 0 Å². The molecule has 0 aromatic heterocycles. The minimum atomic E-state index is -3.63. The lowest BCUT2D eigenvalue weighted by molar-refractivity contribution is -0.120. The predicted octanol–water partition coefficient (Wildman–Crippen LogP) is 3.92. The van der Waals surface area contributed by atoms with E-state index in [4.69, 9.17) is 11.6 Å². The smallest absolute Gasteiger partial charge is 0.255 e. The summed E-state index contributed by atoms with van der Waals surface area (Å²) in [5, 5.41) is 3.45. The Labute approximate surface area is 199 Å². The van der Waals surface area contributed by atoms with Gasteiger partial charge in [-0.1, -0.05) is 23.7 Å². The molecule has 0 radical (unpaired) electrons. The van der Waals surface area contributed by atoms with Gasteiger partial charge in [0, 0.05) is 37.1 Å². The molecular formula is C24H28ClN3O4S. The van der Waals surface area contributed by atoms with Gasteiger partial charge >= 0.3 is 0 Å². The molecule has 0 aliphatic carbocycles. The van der Waals surface area contributed by atoms with Gasteiger partial charge in [-0.05, 0) is 68.5 Å². The fraction of sp³-hybridized carbons (Fsp3) is 0.417. The van der Waals surface area contributed by atoms with Crippen LogP contribution in [0.4, 0.5) is 5.69 Å². The summed E-state index contributed by atoms with van der Waals surface area (Å²) in [7, 11) is -3.63. The molecule has 7 nitrogen and oxygen atoms in total. The molecule has 2 saturated heterocycles. The highest BCUT2D eigenvalue weighted by atomic mass is 35.5. The Kier molecular flexibility index (Phi) is 7.07. The average molecular weight is 490 g/mol. The van der Waals surface area contributed by atoms with Gasteiger partial charge in [-0.2, -0.15) is 4.31 Å². The van der Waals surface area contributed by atoms with Crippen LogP contribution in [0.25, 0.3) is 0 Å². The lowest BCUT2D eigenvalue weighted by Gasteiger charge is -2.31. The summed E-state index contributed by atoms with van der Waals surface area (Å²) in [4.78, 5) is 28.1. The zero-order chi connectivity index (χ0) is 23.6. The van der Waals surface area contributed by atoms with E-state index >= 15 is 0 Å². The molecule has 2 aromatic rings. The number of carbonyl (C=O) groups excluding carboxylic acids is 2. The highest BCUT2D eigenvalue weighted by molar-refractivity contribution is 7.89. The minimum absolute atomic E-state index is 0.0598. The van der Waals surface area contributed by atoms with Crippen molar-refractivity contribution in [3.8, 4) is 0 Å². The van der Waals surface area contributed by atoms with Crippen molar-refractivity contribution in [3.05, 3.63) is 58.6 Å². The van der Waals surface area contributed by atoms with Gasteiger partial charge in [0.25, 0.3) is 5.91 Å². The third-order valence-electron chi connectivity index (χ3n) is 6.42. The summed E-state index contributed by atoms with van der Waals surface area (Å²) >= 11 is 5.87. The molecule has 2 aliphatic heterocycles. The zero-order valence-electron chi connectivity index (χ0n) is 18.6. The Morgan fingerprint density at radius 2 is 1.61 bits per heavy atom. The average Bonchev–Trinajstić information content (AvgIpc) is 3.35. The van der Waals surface area contributed by atoms with Crippen LogP contribution in [0.1, 0.15) is 41.6 Å². The molecule has 2 aromatic carbocycles. The number of carbonyl (C=O) groups is 2. The van der Waals surface area contributed by atoms with Crippen LogP contribution in [0.3, 0.4) is 0 Å². The SMILES string of the molecule is Cc1cccc(C(=O)N2CCCC2)c1NC(=O)C1CCN(S(=O)(=O)c2ccc(Cl)cc2)CC1. The molecule has 0 bridgehead atoms. The van der Waals surface area contributed by atoms with Crippen molar-refractivity contribution in [2.75, 3.05) is 31.5 Å². The van der Waals surface area contributed by atoms with E-state index in [1.54, 1.807) is 18.2 Å². The van der Waals surface area contributed by atoms with Crippen molar-refractivity contribution in [1.82, 2.24) is 9.21 Å². The molecule has 0 saturated carbocycles. The summed E-state index contributed by atoms with van der Waals surface area (Å²) in [5.74, 6) is -0.560. The quantitative estimate of drug-likeness (QED) is 0.689. The number of piperidine rings is 1. The first-order valence-electron chi connectivity index (χ1n) is 11.2. The van der Waals surface area contributed by atoms with E-state index in [0.717, 1.165) is 31.5 Å². The third-order valence-corrected chi connectivity index (χ3v) is 8.59. The number of anilines is 1. The minimum Gasteiger partial charge on any atom is -0.339 e. The first kappa shape index (κ1) is 23.7. The Hall–Kier alpha value is -2.42. The predicted molar refractivity (Wildman–Crippen MR) is 128 cm³/mol. The highest BCUT2D eigenvalue weighted by Gasteiger charge is 2.33. The normalized spacial score (nSPS) is 17.8. The molecule has 2 amide bonds. The van der Waals surface area contributed by atoms with E-state index in [-0.39, 0.29) is 35.7 Å². The molecule has 33 heavy (non-hydrogen) atoms. The van der Waals surface area contributed by atoms with E-state index in [2.05, 4.69) is 5.32 Å². The van der Waals surface area contributed by atoms with Gasteiger partial charge in [-0.25, -0.2) is 8.42 Å². The van der Waals surface area contributed by atoms with Crippen LogP contribution in [0.15, 0.2) is 47.4 Å². The number of rotatable bonds is 5. The van der Waals surface area contributed by atoms with Crippen LogP contribution in [0.5, 0.6) is 0 Å². The number of nitrogens with one attached hydrogen (secondary N) is 1. The number of para-hydroxylation sites is 1. The summed E-state index contributed by atoms with van der Waals surface area (Å²) in [6.07, 6.45) is 2.83. The van der Waals surface area contributed by atoms with E-state index in [1.807, 2.05) is 24.0 Å². The van der Waals surface area contributed by atoms with Crippen LogP contribution < -0.4 is 5.32 Å². The topological polar surface area (TPSA) is 86.8 Å². The van der Waals surface area contributed by atoms with Crippen molar-refractivity contribution in [3.63, 3.8) is 0 Å². The second-order valence-corrected chi connectivity index (χ2v) is 11.0. The molecule has 2 fully saturated rings. The maximum Gasteiger partial charge on any atom is 0.255 e. The van der Waals surface area contributed by atoms with Gasteiger partial charge in [0.1, 0.15) is 0 Å². The number of hydrogen-bond acceptors (Lipinski definition) is 4. The first-order chi connectivity index (χ1) is 15.8. The maximum atomic E-state index is 13.1. The van der Waals surface area contributed by atoms with Gasteiger partial charge in [-0.3, -0.25) is 9.59 Å². The van der Waals surface area contributed by atoms with Crippen molar-refractivity contribution < 1.29 is 18.0 Å². The highest BCUT2D eigenvalue weighted by Crippen LogP contribution is 2.28.